The largest absolute Gasteiger partial charge is 0.339 e. The Kier molecular flexibility index (Phi) is 4.65. The SMILES string of the molecule is Cc1ccccc1[C@H]1CCCN1C(=O)Cn1ccc(=O)c([N+](=O)[O-])c1. The molecule has 1 aliphatic rings. The Balaban J connectivity index is 1.81. The Morgan fingerprint density at radius 1 is 1.32 bits per heavy atom. The zero-order valence-corrected chi connectivity index (χ0v) is 13.9. The second kappa shape index (κ2) is 6.88. The van der Waals surface area contributed by atoms with Crippen molar-refractivity contribution in [3.63, 3.8) is 0 Å². The molecule has 0 spiro atoms. The Morgan fingerprint density at radius 2 is 2.08 bits per heavy atom. The zero-order valence-electron chi connectivity index (χ0n) is 13.9. The van der Waals surface area contributed by atoms with Gasteiger partial charge in [-0.1, -0.05) is 24.3 Å². The zero-order chi connectivity index (χ0) is 18.0. The molecule has 1 fully saturated rings. The van der Waals surface area contributed by atoms with Crippen molar-refractivity contribution in [2.24, 2.45) is 0 Å². The molecule has 0 unspecified atom stereocenters. The molecule has 1 amide bonds. The monoisotopic (exact) mass is 341 g/mol. The van der Waals surface area contributed by atoms with E-state index in [9.17, 15) is 19.7 Å². The van der Waals surface area contributed by atoms with Crippen LogP contribution in [0.3, 0.4) is 0 Å². The molecule has 1 saturated heterocycles. The molecule has 0 aliphatic carbocycles. The van der Waals surface area contributed by atoms with Gasteiger partial charge in [0, 0.05) is 18.8 Å². The smallest absolute Gasteiger partial charge is 0.332 e. The highest BCUT2D eigenvalue weighted by molar-refractivity contribution is 5.77. The van der Waals surface area contributed by atoms with E-state index >= 15 is 0 Å². The fourth-order valence-corrected chi connectivity index (χ4v) is 3.34. The van der Waals surface area contributed by atoms with Crippen LogP contribution >= 0.6 is 0 Å². The lowest BCUT2D eigenvalue weighted by atomic mass is 9.99. The van der Waals surface area contributed by atoms with Crippen molar-refractivity contribution in [1.82, 2.24) is 9.47 Å². The second-order valence-corrected chi connectivity index (χ2v) is 6.23. The minimum absolute atomic E-state index is 0.0243. The maximum Gasteiger partial charge on any atom is 0.332 e. The van der Waals surface area contributed by atoms with Crippen LogP contribution in [-0.4, -0.2) is 26.8 Å². The van der Waals surface area contributed by atoms with Crippen LogP contribution in [0.4, 0.5) is 5.69 Å². The van der Waals surface area contributed by atoms with Crippen molar-refractivity contribution in [3.05, 3.63) is 74.2 Å². The summed E-state index contributed by atoms with van der Waals surface area (Å²) in [5.74, 6) is -0.108. The number of likely N-dealkylation sites (tertiary alicyclic amines) is 1. The molecule has 7 nitrogen and oxygen atoms in total. The van der Waals surface area contributed by atoms with Crippen LogP contribution in [-0.2, 0) is 11.3 Å². The van der Waals surface area contributed by atoms with Crippen molar-refractivity contribution >= 4 is 11.6 Å². The summed E-state index contributed by atoms with van der Waals surface area (Å²) in [5.41, 5.74) is 1.10. The molecule has 1 aromatic carbocycles. The third-order valence-electron chi connectivity index (χ3n) is 4.59. The van der Waals surface area contributed by atoms with Crippen LogP contribution in [0.1, 0.15) is 30.0 Å². The van der Waals surface area contributed by atoms with E-state index in [4.69, 9.17) is 0 Å². The molecule has 3 rings (SSSR count). The van der Waals surface area contributed by atoms with E-state index in [2.05, 4.69) is 0 Å². The van der Waals surface area contributed by atoms with Gasteiger partial charge >= 0.3 is 5.69 Å². The minimum atomic E-state index is -0.727. The first-order valence-electron chi connectivity index (χ1n) is 8.17. The highest BCUT2D eigenvalue weighted by Crippen LogP contribution is 2.33. The van der Waals surface area contributed by atoms with E-state index in [0.29, 0.717) is 6.54 Å². The number of nitro groups is 1. The summed E-state index contributed by atoms with van der Waals surface area (Å²) < 4.78 is 1.40. The van der Waals surface area contributed by atoms with Gasteiger partial charge in [-0.25, -0.2) is 0 Å². The lowest BCUT2D eigenvalue weighted by Gasteiger charge is -2.26. The predicted molar refractivity (Wildman–Crippen MR) is 92.2 cm³/mol. The maximum absolute atomic E-state index is 12.7. The number of hydrogen-bond acceptors (Lipinski definition) is 4. The number of rotatable bonds is 4. The predicted octanol–water partition coefficient (Wildman–Crippen LogP) is 2.43. The summed E-state index contributed by atoms with van der Waals surface area (Å²) in [6.45, 7) is 2.67. The molecule has 2 aromatic rings. The number of amides is 1. The molecule has 2 heterocycles. The average Bonchev–Trinajstić information content (AvgIpc) is 3.06. The highest BCUT2D eigenvalue weighted by atomic mass is 16.6. The number of benzene rings is 1. The van der Waals surface area contributed by atoms with E-state index in [1.807, 2.05) is 36.1 Å². The second-order valence-electron chi connectivity index (χ2n) is 6.23. The summed E-state index contributed by atoms with van der Waals surface area (Å²) >= 11 is 0. The number of carbonyl (C=O) groups excluding carboxylic acids is 1. The first-order valence-corrected chi connectivity index (χ1v) is 8.17. The van der Waals surface area contributed by atoms with E-state index in [0.717, 1.165) is 36.2 Å². The van der Waals surface area contributed by atoms with Gasteiger partial charge in [0.1, 0.15) is 6.54 Å². The van der Waals surface area contributed by atoms with Crippen LogP contribution < -0.4 is 5.43 Å². The Labute approximate surface area is 144 Å². The van der Waals surface area contributed by atoms with Gasteiger partial charge < -0.3 is 9.47 Å². The summed E-state index contributed by atoms with van der Waals surface area (Å²) in [6, 6.07) is 9.15. The third kappa shape index (κ3) is 3.45. The van der Waals surface area contributed by atoms with Gasteiger partial charge in [-0.3, -0.25) is 19.7 Å². The van der Waals surface area contributed by atoms with E-state index in [1.54, 1.807) is 0 Å². The van der Waals surface area contributed by atoms with Gasteiger partial charge in [-0.2, -0.15) is 0 Å². The Hall–Kier alpha value is -2.96. The van der Waals surface area contributed by atoms with E-state index in [-0.39, 0.29) is 18.5 Å². The van der Waals surface area contributed by atoms with Gasteiger partial charge in [0.25, 0.3) is 5.43 Å². The molecule has 1 atom stereocenters. The average molecular weight is 341 g/mol. The van der Waals surface area contributed by atoms with Crippen LogP contribution in [0.15, 0.2) is 47.5 Å². The normalized spacial score (nSPS) is 16.8. The standard InChI is InChI=1S/C18H19N3O4/c1-13-5-2-3-6-14(13)15-7-4-9-20(15)18(23)12-19-10-8-17(22)16(11-19)21(24)25/h2-3,5-6,8,10-11,15H,4,7,9,12H2,1H3/t15-/m1/s1. The summed E-state index contributed by atoms with van der Waals surface area (Å²) in [7, 11) is 0. The fraction of sp³-hybridized carbons (Fsp3) is 0.333. The quantitative estimate of drug-likeness (QED) is 0.631. The third-order valence-corrected chi connectivity index (χ3v) is 4.59. The van der Waals surface area contributed by atoms with Gasteiger partial charge in [0.15, 0.2) is 0 Å². The maximum atomic E-state index is 12.7. The number of aryl methyl sites for hydroxylation is 1. The molecule has 0 saturated carbocycles. The number of carbonyl (C=O) groups is 1. The van der Waals surface area contributed by atoms with Crippen molar-refractivity contribution in [2.75, 3.05) is 6.54 Å². The lowest BCUT2D eigenvalue weighted by Crippen LogP contribution is -2.33. The molecule has 7 heteroatoms. The molecule has 0 bridgehead atoms. The number of aromatic nitrogens is 1. The van der Waals surface area contributed by atoms with E-state index in [1.165, 1.54) is 10.8 Å². The summed E-state index contributed by atoms with van der Waals surface area (Å²) in [5, 5.41) is 10.9. The lowest BCUT2D eigenvalue weighted by molar-refractivity contribution is -0.386. The number of pyridine rings is 1. The van der Waals surface area contributed by atoms with Crippen LogP contribution in [0.25, 0.3) is 0 Å². The van der Waals surface area contributed by atoms with Gasteiger partial charge in [-0.15, -0.1) is 0 Å². The van der Waals surface area contributed by atoms with Gasteiger partial charge in [-0.05, 0) is 30.9 Å². The topological polar surface area (TPSA) is 85.5 Å². The van der Waals surface area contributed by atoms with Crippen LogP contribution in [0.2, 0.25) is 0 Å². The summed E-state index contributed by atoms with van der Waals surface area (Å²) in [4.78, 5) is 36.2. The first-order chi connectivity index (χ1) is 12.0. The molecule has 130 valence electrons. The van der Waals surface area contributed by atoms with Crippen LogP contribution in [0.5, 0.6) is 0 Å². The number of hydrogen-bond donors (Lipinski definition) is 0. The van der Waals surface area contributed by atoms with Gasteiger partial charge in [0.2, 0.25) is 5.91 Å². The summed E-state index contributed by atoms with van der Waals surface area (Å²) in [6.07, 6.45) is 4.36. The fourth-order valence-electron chi connectivity index (χ4n) is 3.34. The van der Waals surface area contributed by atoms with Crippen molar-refractivity contribution < 1.29 is 9.72 Å². The molecular weight excluding hydrogens is 322 g/mol. The molecule has 1 aliphatic heterocycles. The first kappa shape index (κ1) is 16.9. The highest BCUT2D eigenvalue weighted by Gasteiger charge is 2.30. The molecule has 1 aromatic heterocycles. The Morgan fingerprint density at radius 3 is 2.80 bits per heavy atom. The minimum Gasteiger partial charge on any atom is -0.339 e. The van der Waals surface area contributed by atoms with Gasteiger partial charge in [0.05, 0.1) is 17.2 Å². The molecular formula is C18H19N3O4. The van der Waals surface area contributed by atoms with E-state index < -0.39 is 16.0 Å². The Bertz CT molecular complexity index is 875. The van der Waals surface area contributed by atoms with Crippen molar-refractivity contribution in [1.29, 1.82) is 0 Å². The van der Waals surface area contributed by atoms with Crippen LogP contribution in [0, 0.1) is 17.0 Å². The molecule has 0 radical (unpaired) electrons. The molecule has 25 heavy (non-hydrogen) atoms. The van der Waals surface area contributed by atoms with Crippen molar-refractivity contribution in [3.8, 4) is 0 Å². The van der Waals surface area contributed by atoms with Crippen molar-refractivity contribution in [2.45, 2.75) is 32.4 Å². The number of nitrogens with zero attached hydrogens (tertiary/aromatic N) is 3. The molecule has 0 N–H and O–H groups in total.